The summed E-state index contributed by atoms with van der Waals surface area (Å²) in [6, 6.07) is 14.4. The van der Waals surface area contributed by atoms with Crippen LogP contribution in [0.2, 0.25) is 0 Å². The van der Waals surface area contributed by atoms with Gasteiger partial charge in [-0.05, 0) is 55.9 Å². The van der Waals surface area contributed by atoms with Crippen LogP contribution in [0, 0.1) is 0 Å². The fourth-order valence-corrected chi connectivity index (χ4v) is 4.22. The molecule has 2 aromatic rings. The van der Waals surface area contributed by atoms with Gasteiger partial charge in [-0.25, -0.2) is 4.79 Å². The van der Waals surface area contributed by atoms with Gasteiger partial charge in [-0.2, -0.15) is 0 Å². The summed E-state index contributed by atoms with van der Waals surface area (Å²) in [5.41, 5.74) is 3.09. The molecule has 0 bridgehead atoms. The van der Waals surface area contributed by atoms with Gasteiger partial charge in [0.15, 0.2) is 0 Å². The van der Waals surface area contributed by atoms with E-state index in [1.165, 1.54) is 11.1 Å². The molecule has 1 aliphatic heterocycles. The molecule has 4 heteroatoms. The summed E-state index contributed by atoms with van der Waals surface area (Å²) in [5.74, 6) is 0. The first-order valence-electron chi connectivity index (χ1n) is 9.22. The quantitative estimate of drug-likeness (QED) is 0.785. The fourth-order valence-electron chi connectivity index (χ4n) is 4.22. The number of pyridine rings is 1. The summed E-state index contributed by atoms with van der Waals surface area (Å²) in [6.07, 6.45) is 8.49. The third-order valence-corrected chi connectivity index (χ3v) is 5.42. The van der Waals surface area contributed by atoms with Crippen LogP contribution in [0.4, 0.5) is 4.79 Å². The first kappa shape index (κ1) is 16.8. The molecule has 4 nitrogen and oxygen atoms in total. The maximum Gasteiger partial charge on any atom is 0.411 e. The number of carbonyl (C=O) groups excluding carboxylic acids is 1. The minimum atomic E-state index is -0.536. The zero-order chi connectivity index (χ0) is 18.1. The normalized spacial score (nSPS) is 24.9. The van der Waals surface area contributed by atoms with Crippen molar-refractivity contribution in [1.29, 1.82) is 0 Å². The van der Waals surface area contributed by atoms with Gasteiger partial charge >= 0.3 is 6.09 Å². The van der Waals surface area contributed by atoms with E-state index in [9.17, 15) is 4.79 Å². The van der Waals surface area contributed by atoms with Crippen molar-refractivity contribution in [2.75, 3.05) is 0 Å². The van der Waals surface area contributed by atoms with E-state index in [0.29, 0.717) is 0 Å². The average Bonchev–Trinajstić information content (AvgIpc) is 2.91. The van der Waals surface area contributed by atoms with Crippen LogP contribution in [0.15, 0.2) is 60.9 Å². The molecule has 2 aliphatic rings. The number of hydrogen-bond donors (Lipinski definition) is 0. The number of nitrogens with zero attached hydrogens (tertiary/aromatic N) is 2. The van der Waals surface area contributed by atoms with Gasteiger partial charge in [-0.15, -0.1) is 0 Å². The molecule has 1 amide bonds. The van der Waals surface area contributed by atoms with Crippen LogP contribution in [0.3, 0.4) is 0 Å². The Kier molecular flexibility index (Phi) is 4.27. The molecule has 2 atom stereocenters. The summed E-state index contributed by atoms with van der Waals surface area (Å²) >= 11 is 0. The van der Waals surface area contributed by atoms with Crippen molar-refractivity contribution in [3.8, 4) is 0 Å². The van der Waals surface area contributed by atoms with Gasteiger partial charge in [0.25, 0.3) is 0 Å². The van der Waals surface area contributed by atoms with Gasteiger partial charge in [-0.1, -0.05) is 42.5 Å². The first-order chi connectivity index (χ1) is 12.6. The van der Waals surface area contributed by atoms with Crippen LogP contribution in [0.25, 0.3) is 5.57 Å². The van der Waals surface area contributed by atoms with E-state index in [-0.39, 0.29) is 18.2 Å². The topological polar surface area (TPSA) is 42.4 Å². The number of allylic oxidation sites excluding steroid dienone is 1. The second kappa shape index (κ2) is 6.60. The molecule has 1 saturated heterocycles. The minimum absolute atomic E-state index is 0.0606. The molecule has 1 aliphatic carbocycles. The van der Waals surface area contributed by atoms with Crippen LogP contribution >= 0.6 is 0 Å². The van der Waals surface area contributed by atoms with Crippen molar-refractivity contribution in [3.05, 3.63) is 72.1 Å². The second-order valence-corrected chi connectivity index (χ2v) is 7.59. The Morgan fingerprint density at radius 3 is 2.62 bits per heavy atom. The molecule has 0 saturated carbocycles. The summed E-state index contributed by atoms with van der Waals surface area (Å²) in [5, 5.41) is 0. The van der Waals surface area contributed by atoms with Crippen molar-refractivity contribution in [2.45, 2.75) is 50.8 Å². The summed E-state index contributed by atoms with van der Waals surface area (Å²) in [7, 11) is 0. The van der Waals surface area contributed by atoms with Crippen molar-refractivity contribution in [2.24, 2.45) is 0 Å². The van der Waals surface area contributed by atoms with Crippen molar-refractivity contribution >= 4 is 11.7 Å². The van der Waals surface area contributed by atoms with E-state index in [1.54, 1.807) is 6.20 Å². The molecule has 0 radical (unpaired) electrons. The van der Waals surface area contributed by atoms with E-state index in [0.717, 1.165) is 24.8 Å². The second-order valence-electron chi connectivity index (χ2n) is 7.59. The molecule has 1 aromatic heterocycles. The number of rotatable bonds is 3. The molecule has 1 unspecified atom stereocenters. The monoisotopic (exact) mass is 348 g/mol. The highest BCUT2D eigenvalue weighted by molar-refractivity contribution is 5.73. The van der Waals surface area contributed by atoms with Gasteiger partial charge in [0.1, 0.15) is 5.60 Å². The molecule has 2 heterocycles. The third-order valence-electron chi connectivity index (χ3n) is 5.42. The van der Waals surface area contributed by atoms with Crippen LogP contribution in [-0.2, 0) is 4.74 Å². The van der Waals surface area contributed by atoms with Gasteiger partial charge in [0, 0.05) is 18.4 Å². The molecule has 134 valence electrons. The molecular formula is C22H24N2O2. The Bertz CT molecular complexity index is 815. The average molecular weight is 348 g/mol. The highest BCUT2D eigenvalue weighted by Crippen LogP contribution is 2.44. The van der Waals surface area contributed by atoms with Crippen LogP contribution in [0.1, 0.15) is 50.3 Å². The summed E-state index contributed by atoms with van der Waals surface area (Å²) < 4.78 is 5.75. The number of aromatic nitrogens is 1. The lowest BCUT2D eigenvalue weighted by Crippen LogP contribution is -2.41. The van der Waals surface area contributed by atoms with Crippen molar-refractivity contribution in [1.82, 2.24) is 9.88 Å². The fraction of sp³-hybridized carbons (Fsp3) is 0.364. The highest BCUT2D eigenvalue weighted by atomic mass is 16.6. The zero-order valence-electron chi connectivity index (χ0n) is 15.3. The summed E-state index contributed by atoms with van der Waals surface area (Å²) in [4.78, 5) is 18.9. The van der Waals surface area contributed by atoms with E-state index in [2.05, 4.69) is 29.3 Å². The molecule has 4 rings (SSSR count). The Morgan fingerprint density at radius 2 is 1.96 bits per heavy atom. The third kappa shape index (κ3) is 3.00. The molecule has 1 aromatic carbocycles. The molecule has 0 spiro atoms. The van der Waals surface area contributed by atoms with Crippen LogP contribution in [-0.4, -0.2) is 27.6 Å². The minimum Gasteiger partial charge on any atom is -0.441 e. The van der Waals surface area contributed by atoms with Gasteiger partial charge < -0.3 is 4.74 Å². The van der Waals surface area contributed by atoms with E-state index >= 15 is 0 Å². The Balaban J connectivity index is 1.60. The van der Waals surface area contributed by atoms with Gasteiger partial charge in [0.2, 0.25) is 0 Å². The number of cyclic esters (lactones) is 1. The smallest absolute Gasteiger partial charge is 0.411 e. The molecular weight excluding hydrogens is 324 g/mol. The highest BCUT2D eigenvalue weighted by Gasteiger charge is 2.50. The van der Waals surface area contributed by atoms with E-state index in [1.807, 2.05) is 49.2 Å². The Morgan fingerprint density at radius 1 is 1.15 bits per heavy atom. The number of hydrogen-bond acceptors (Lipinski definition) is 3. The largest absolute Gasteiger partial charge is 0.441 e. The molecule has 1 fully saturated rings. The van der Waals surface area contributed by atoms with Crippen molar-refractivity contribution in [3.63, 3.8) is 0 Å². The van der Waals surface area contributed by atoms with Crippen LogP contribution < -0.4 is 0 Å². The van der Waals surface area contributed by atoms with Gasteiger partial charge in [0.05, 0.1) is 6.04 Å². The van der Waals surface area contributed by atoms with E-state index in [4.69, 9.17) is 4.74 Å². The predicted molar refractivity (Wildman–Crippen MR) is 101 cm³/mol. The lowest BCUT2D eigenvalue weighted by atomic mass is 9.86. The number of amides is 1. The Labute approximate surface area is 154 Å². The SMILES string of the molecule is CC1(C)OC(=O)N([C@@H]2CC=C(c3cccnc3)CC2)C1c1ccccc1. The number of carbonyl (C=O) groups is 1. The summed E-state index contributed by atoms with van der Waals surface area (Å²) in [6.45, 7) is 4.00. The molecule has 0 N–H and O–H groups in total. The maximum absolute atomic E-state index is 12.7. The molecule has 26 heavy (non-hydrogen) atoms. The first-order valence-corrected chi connectivity index (χ1v) is 9.22. The van der Waals surface area contributed by atoms with E-state index < -0.39 is 5.60 Å². The van der Waals surface area contributed by atoms with Crippen molar-refractivity contribution < 1.29 is 9.53 Å². The maximum atomic E-state index is 12.7. The lowest BCUT2D eigenvalue weighted by Gasteiger charge is -2.36. The number of ether oxygens (including phenoxy) is 1. The van der Waals surface area contributed by atoms with Gasteiger partial charge in [-0.3, -0.25) is 9.88 Å². The predicted octanol–water partition coefficient (Wildman–Crippen LogP) is 4.99. The Hall–Kier alpha value is -2.62. The standard InChI is InChI=1S/C22H24N2O2/c1-22(2)20(17-7-4-3-5-8-17)24(21(25)26-22)19-12-10-16(11-13-19)18-9-6-14-23-15-18/h3-10,14-15,19-20H,11-13H2,1-2H3/t19-,20?/m1/s1. The zero-order valence-corrected chi connectivity index (χ0v) is 15.3. The lowest BCUT2D eigenvalue weighted by molar-refractivity contribution is 0.0668. The number of benzene rings is 1. The van der Waals surface area contributed by atoms with Crippen LogP contribution in [0.5, 0.6) is 0 Å².